The molecule has 0 aliphatic carbocycles. The number of halogens is 1. The number of amides is 1. The third-order valence-electron chi connectivity index (χ3n) is 5.53. The molecule has 3 N–H and O–H groups in total. The number of aliphatic imine (C=N–C) groups is 1. The molecule has 0 spiro atoms. The Morgan fingerprint density at radius 2 is 2.03 bits per heavy atom. The standard InChI is InChI=1S/C24H33N5O2.HI/c1-25-23(30)19-9-6-8-18(16-19)13-14-27-24(26-2)28-20-10-7-15-29(17-20)21-11-4-5-12-22(21)31-3;/h4-6,8-9,11-12,16,20H,7,10,13-15,17H2,1-3H3,(H,25,30)(H2,26,27,28);1H. The molecule has 1 heterocycles. The summed E-state index contributed by atoms with van der Waals surface area (Å²) in [6.07, 6.45) is 3.02. The van der Waals surface area contributed by atoms with Crippen molar-refractivity contribution in [3.05, 3.63) is 59.7 Å². The molecule has 3 rings (SSSR count). The first-order valence-electron chi connectivity index (χ1n) is 10.8. The predicted octanol–water partition coefficient (Wildman–Crippen LogP) is 3.05. The molecule has 0 radical (unpaired) electrons. The molecule has 8 heteroatoms. The third kappa shape index (κ3) is 7.01. The van der Waals surface area contributed by atoms with Gasteiger partial charge in [-0.3, -0.25) is 9.79 Å². The third-order valence-corrected chi connectivity index (χ3v) is 5.53. The summed E-state index contributed by atoms with van der Waals surface area (Å²) in [4.78, 5) is 18.6. The molecule has 1 amide bonds. The summed E-state index contributed by atoms with van der Waals surface area (Å²) in [5.41, 5.74) is 2.93. The summed E-state index contributed by atoms with van der Waals surface area (Å²) in [5.74, 6) is 1.64. The maximum atomic E-state index is 11.8. The molecule has 1 atom stereocenters. The fourth-order valence-electron chi connectivity index (χ4n) is 3.93. The van der Waals surface area contributed by atoms with Crippen molar-refractivity contribution in [2.45, 2.75) is 25.3 Å². The first-order chi connectivity index (χ1) is 15.1. The van der Waals surface area contributed by atoms with Gasteiger partial charge >= 0.3 is 0 Å². The average Bonchev–Trinajstić information content (AvgIpc) is 2.83. The van der Waals surface area contributed by atoms with E-state index in [0.29, 0.717) is 11.6 Å². The van der Waals surface area contributed by atoms with Gasteiger partial charge < -0.3 is 25.6 Å². The number of benzene rings is 2. The molecule has 1 fully saturated rings. The molecular weight excluding hydrogens is 517 g/mol. The number of ether oxygens (including phenoxy) is 1. The molecule has 0 bridgehead atoms. The SMILES string of the molecule is CN=C(NCCc1cccc(C(=O)NC)c1)NC1CCCN(c2ccccc2OC)C1.I. The largest absolute Gasteiger partial charge is 0.495 e. The number of anilines is 1. The average molecular weight is 551 g/mol. The second-order valence-electron chi connectivity index (χ2n) is 7.63. The predicted molar refractivity (Wildman–Crippen MR) is 142 cm³/mol. The van der Waals surface area contributed by atoms with Crippen LogP contribution in [0.25, 0.3) is 0 Å². The van der Waals surface area contributed by atoms with Crippen molar-refractivity contribution in [2.75, 3.05) is 45.7 Å². The van der Waals surface area contributed by atoms with Gasteiger partial charge in [0, 0.05) is 45.3 Å². The Bertz CT molecular complexity index is 905. The number of piperidine rings is 1. The fraction of sp³-hybridized carbons (Fsp3) is 0.417. The number of carbonyl (C=O) groups is 1. The number of nitrogens with one attached hydrogen (secondary N) is 3. The van der Waals surface area contributed by atoms with Crippen LogP contribution in [0.3, 0.4) is 0 Å². The van der Waals surface area contributed by atoms with Gasteiger partial charge in [-0.05, 0) is 49.1 Å². The van der Waals surface area contributed by atoms with Crippen LogP contribution in [0.5, 0.6) is 5.75 Å². The van der Waals surface area contributed by atoms with Gasteiger partial charge in [-0.1, -0.05) is 24.3 Å². The summed E-state index contributed by atoms with van der Waals surface area (Å²) < 4.78 is 5.54. The van der Waals surface area contributed by atoms with Crippen molar-refractivity contribution < 1.29 is 9.53 Å². The molecule has 1 saturated heterocycles. The maximum Gasteiger partial charge on any atom is 0.251 e. The van der Waals surface area contributed by atoms with Gasteiger partial charge in [0.15, 0.2) is 5.96 Å². The van der Waals surface area contributed by atoms with Gasteiger partial charge in [-0.2, -0.15) is 0 Å². The molecule has 1 aliphatic rings. The highest BCUT2D eigenvalue weighted by molar-refractivity contribution is 14.0. The van der Waals surface area contributed by atoms with E-state index in [2.05, 4.69) is 38.0 Å². The fourth-order valence-corrected chi connectivity index (χ4v) is 3.93. The monoisotopic (exact) mass is 551 g/mol. The smallest absolute Gasteiger partial charge is 0.251 e. The van der Waals surface area contributed by atoms with Gasteiger partial charge in [-0.15, -0.1) is 24.0 Å². The Kier molecular flexibility index (Phi) is 10.6. The van der Waals surface area contributed by atoms with Crippen LogP contribution in [0.1, 0.15) is 28.8 Å². The lowest BCUT2D eigenvalue weighted by molar-refractivity contribution is 0.0963. The number of para-hydroxylation sites is 2. The Morgan fingerprint density at radius 1 is 1.22 bits per heavy atom. The highest BCUT2D eigenvalue weighted by Crippen LogP contribution is 2.29. The van der Waals surface area contributed by atoms with Crippen LogP contribution < -0.4 is 25.6 Å². The first kappa shape index (κ1) is 25.8. The Morgan fingerprint density at radius 3 is 2.78 bits per heavy atom. The van der Waals surface area contributed by atoms with Crippen LogP contribution in [0.2, 0.25) is 0 Å². The molecule has 2 aromatic carbocycles. The minimum absolute atomic E-state index is 0. The summed E-state index contributed by atoms with van der Waals surface area (Å²) >= 11 is 0. The molecular formula is C24H34IN5O2. The van der Waals surface area contributed by atoms with E-state index >= 15 is 0 Å². The number of hydrogen-bond donors (Lipinski definition) is 3. The zero-order valence-corrected chi connectivity index (χ0v) is 21.4. The maximum absolute atomic E-state index is 11.8. The van der Waals surface area contributed by atoms with Gasteiger partial charge in [0.1, 0.15) is 5.75 Å². The zero-order valence-electron chi connectivity index (χ0n) is 19.1. The highest BCUT2D eigenvalue weighted by Gasteiger charge is 2.22. The van der Waals surface area contributed by atoms with E-state index < -0.39 is 0 Å². The Balaban J connectivity index is 0.00000363. The van der Waals surface area contributed by atoms with Crippen molar-refractivity contribution in [1.29, 1.82) is 0 Å². The van der Waals surface area contributed by atoms with Crippen LogP contribution in [-0.4, -0.2) is 58.7 Å². The molecule has 174 valence electrons. The quantitative estimate of drug-likeness (QED) is 0.280. The van der Waals surface area contributed by atoms with Gasteiger partial charge in [0.2, 0.25) is 0 Å². The Hall–Kier alpha value is -2.49. The van der Waals surface area contributed by atoms with E-state index in [1.807, 2.05) is 36.4 Å². The molecule has 0 aromatic heterocycles. The molecule has 32 heavy (non-hydrogen) atoms. The number of methoxy groups -OCH3 is 1. The van der Waals surface area contributed by atoms with E-state index in [-0.39, 0.29) is 29.9 Å². The second-order valence-corrected chi connectivity index (χ2v) is 7.63. The van der Waals surface area contributed by atoms with Gasteiger partial charge in [0.25, 0.3) is 5.91 Å². The van der Waals surface area contributed by atoms with Crippen LogP contribution in [0.4, 0.5) is 5.69 Å². The van der Waals surface area contributed by atoms with Crippen molar-refractivity contribution >= 4 is 41.5 Å². The molecule has 1 unspecified atom stereocenters. The molecule has 0 saturated carbocycles. The van der Waals surface area contributed by atoms with E-state index in [9.17, 15) is 4.79 Å². The topological polar surface area (TPSA) is 78.0 Å². The first-order valence-corrected chi connectivity index (χ1v) is 10.8. The lowest BCUT2D eigenvalue weighted by Crippen LogP contribution is -2.51. The number of nitrogens with zero attached hydrogens (tertiary/aromatic N) is 2. The van der Waals surface area contributed by atoms with Crippen molar-refractivity contribution in [1.82, 2.24) is 16.0 Å². The number of hydrogen-bond acceptors (Lipinski definition) is 4. The lowest BCUT2D eigenvalue weighted by Gasteiger charge is -2.36. The number of guanidine groups is 1. The number of carbonyl (C=O) groups excluding carboxylic acids is 1. The second kappa shape index (κ2) is 13.1. The summed E-state index contributed by atoms with van der Waals surface area (Å²) in [5, 5.41) is 9.62. The minimum Gasteiger partial charge on any atom is -0.495 e. The van der Waals surface area contributed by atoms with Gasteiger partial charge in [-0.25, -0.2) is 0 Å². The van der Waals surface area contributed by atoms with Crippen LogP contribution in [0, 0.1) is 0 Å². The summed E-state index contributed by atoms with van der Waals surface area (Å²) in [6.45, 7) is 2.65. The van der Waals surface area contributed by atoms with Gasteiger partial charge in [0.05, 0.1) is 12.8 Å². The molecule has 1 aliphatic heterocycles. The van der Waals surface area contributed by atoms with E-state index in [4.69, 9.17) is 4.74 Å². The summed E-state index contributed by atoms with van der Waals surface area (Å²) in [7, 11) is 5.16. The minimum atomic E-state index is -0.0656. The molecule has 7 nitrogen and oxygen atoms in total. The van der Waals surface area contributed by atoms with Crippen molar-refractivity contribution in [2.24, 2.45) is 4.99 Å². The van der Waals surface area contributed by atoms with Crippen molar-refractivity contribution in [3.8, 4) is 5.75 Å². The normalized spacial score (nSPS) is 16.0. The zero-order chi connectivity index (χ0) is 22.1. The van der Waals surface area contributed by atoms with Crippen LogP contribution in [0.15, 0.2) is 53.5 Å². The Labute approximate surface area is 208 Å². The van der Waals surface area contributed by atoms with Crippen LogP contribution in [-0.2, 0) is 6.42 Å². The number of rotatable bonds is 7. The van der Waals surface area contributed by atoms with E-state index in [1.54, 1.807) is 21.2 Å². The highest BCUT2D eigenvalue weighted by atomic mass is 127. The lowest BCUT2D eigenvalue weighted by atomic mass is 10.0. The van der Waals surface area contributed by atoms with E-state index in [0.717, 1.165) is 61.9 Å². The van der Waals surface area contributed by atoms with Crippen LogP contribution >= 0.6 is 24.0 Å². The molecule has 2 aromatic rings. The van der Waals surface area contributed by atoms with E-state index in [1.165, 1.54) is 0 Å². The van der Waals surface area contributed by atoms with Crippen molar-refractivity contribution in [3.63, 3.8) is 0 Å². The summed E-state index contributed by atoms with van der Waals surface area (Å²) in [6, 6.07) is 16.2.